The molecule has 0 amide bonds. The fraction of sp³-hybridized carbons (Fsp3) is 0.357. The molecule has 0 bridgehead atoms. The summed E-state index contributed by atoms with van der Waals surface area (Å²) in [4.78, 5) is 7.77. The third-order valence-electron chi connectivity index (χ3n) is 3.64. The zero-order valence-corrected chi connectivity index (χ0v) is 13.1. The van der Waals surface area contributed by atoms with E-state index in [0.717, 1.165) is 28.9 Å². The van der Waals surface area contributed by atoms with Crippen molar-refractivity contribution >= 4 is 21.4 Å². The largest absolute Gasteiger partial charge is 0.344 e. The zero-order chi connectivity index (χ0) is 15.2. The molecule has 0 radical (unpaired) electrons. The molecule has 112 valence electrons. The summed E-state index contributed by atoms with van der Waals surface area (Å²) >= 11 is 5.99. The van der Waals surface area contributed by atoms with Crippen molar-refractivity contribution in [1.82, 2.24) is 9.97 Å². The molecule has 3 N–H and O–H groups in total. The Morgan fingerprint density at radius 3 is 2.95 bits per heavy atom. The molecule has 1 aromatic heterocycles. The van der Waals surface area contributed by atoms with E-state index in [9.17, 15) is 8.42 Å². The fourth-order valence-corrected chi connectivity index (χ4v) is 3.44. The van der Waals surface area contributed by atoms with E-state index in [-0.39, 0.29) is 5.75 Å². The summed E-state index contributed by atoms with van der Waals surface area (Å²) in [6.45, 7) is 0. The van der Waals surface area contributed by atoms with Crippen molar-refractivity contribution in [2.24, 2.45) is 5.73 Å². The van der Waals surface area contributed by atoms with Gasteiger partial charge in [-0.2, -0.15) is 0 Å². The van der Waals surface area contributed by atoms with Crippen LogP contribution in [0, 0.1) is 0 Å². The predicted octanol–water partition coefficient (Wildman–Crippen LogP) is 2.07. The molecule has 1 aliphatic rings. The van der Waals surface area contributed by atoms with Crippen LogP contribution in [0.25, 0.3) is 11.3 Å². The number of hydrogen-bond acceptors (Lipinski definition) is 4. The van der Waals surface area contributed by atoms with E-state index < -0.39 is 15.9 Å². The monoisotopic (exact) mass is 325 g/mol. The van der Waals surface area contributed by atoms with E-state index in [0.29, 0.717) is 17.3 Å². The lowest BCUT2D eigenvalue weighted by molar-refractivity contribution is 0.587. The molecule has 0 fully saturated rings. The van der Waals surface area contributed by atoms with Crippen molar-refractivity contribution < 1.29 is 8.42 Å². The summed E-state index contributed by atoms with van der Waals surface area (Å²) in [7, 11) is -3.01. The average Bonchev–Trinajstić information content (AvgIpc) is 2.91. The summed E-state index contributed by atoms with van der Waals surface area (Å²) < 4.78 is 22.4. The van der Waals surface area contributed by atoms with E-state index in [2.05, 4.69) is 9.97 Å². The first-order valence-corrected chi connectivity index (χ1v) is 9.08. The van der Waals surface area contributed by atoms with Gasteiger partial charge < -0.3 is 10.7 Å². The van der Waals surface area contributed by atoms with Gasteiger partial charge in [-0.1, -0.05) is 17.7 Å². The molecule has 1 atom stereocenters. The Morgan fingerprint density at radius 1 is 1.48 bits per heavy atom. The van der Waals surface area contributed by atoms with Crippen LogP contribution in [-0.4, -0.2) is 30.4 Å². The lowest BCUT2D eigenvalue weighted by Gasteiger charge is -2.08. The van der Waals surface area contributed by atoms with Crippen LogP contribution in [0.4, 0.5) is 0 Å². The number of H-pyrrole nitrogens is 1. The quantitative estimate of drug-likeness (QED) is 0.768. The maximum Gasteiger partial charge on any atom is 0.147 e. The second-order valence-corrected chi connectivity index (χ2v) is 8.15. The maximum atomic E-state index is 11.2. The van der Waals surface area contributed by atoms with Gasteiger partial charge in [-0.25, -0.2) is 13.4 Å². The van der Waals surface area contributed by atoms with Gasteiger partial charge in [-0.15, -0.1) is 0 Å². The Bertz CT molecular complexity index is 799. The molecule has 5 nitrogen and oxygen atoms in total. The second-order valence-electron chi connectivity index (χ2n) is 5.45. The molecular formula is C14H16ClN3O2S. The normalized spacial score (nSPS) is 14.8. The molecular weight excluding hydrogens is 310 g/mol. The first-order valence-electron chi connectivity index (χ1n) is 6.64. The number of rotatable bonds is 4. The molecule has 3 rings (SSSR count). The number of nitrogens with two attached hydrogens (primary N) is 1. The van der Waals surface area contributed by atoms with Gasteiger partial charge in [-0.3, -0.25) is 0 Å². The van der Waals surface area contributed by atoms with Crippen LogP contribution >= 0.6 is 11.6 Å². The topological polar surface area (TPSA) is 88.8 Å². The molecule has 0 saturated heterocycles. The highest BCUT2D eigenvalue weighted by molar-refractivity contribution is 7.90. The Morgan fingerprint density at radius 2 is 2.24 bits per heavy atom. The Kier molecular flexibility index (Phi) is 3.55. The minimum absolute atomic E-state index is 0.0612. The number of halogens is 1. The van der Waals surface area contributed by atoms with Crippen LogP contribution in [0.2, 0.25) is 5.02 Å². The fourth-order valence-electron chi connectivity index (χ4n) is 2.56. The maximum absolute atomic E-state index is 11.2. The SMILES string of the molecule is CS(=O)(=O)CCC(N)c1nc2c([nH]1)Cc1cc(Cl)ccc1-2. The van der Waals surface area contributed by atoms with Crippen molar-refractivity contribution in [2.45, 2.75) is 18.9 Å². The number of benzene rings is 1. The highest BCUT2D eigenvalue weighted by atomic mass is 35.5. The van der Waals surface area contributed by atoms with Gasteiger partial charge in [0.05, 0.1) is 17.5 Å². The molecule has 1 heterocycles. The summed E-state index contributed by atoms with van der Waals surface area (Å²) in [6.07, 6.45) is 2.32. The van der Waals surface area contributed by atoms with E-state index in [1.807, 2.05) is 18.2 Å². The number of imidazole rings is 1. The third kappa shape index (κ3) is 2.97. The van der Waals surface area contributed by atoms with Crippen molar-refractivity contribution in [3.63, 3.8) is 0 Å². The smallest absolute Gasteiger partial charge is 0.147 e. The van der Waals surface area contributed by atoms with Crippen molar-refractivity contribution in [3.05, 3.63) is 40.3 Å². The van der Waals surface area contributed by atoms with Crippen molar-refractivity contribution in [1.29, 1.82) is 0 Å². The number of fused-ring (bicyclic) bond motifs is 3. The standard InChI is InChI=1S/C14H16ClN3O2S/c1-21(19,20)5-4-11(16)14-17-12-7-8-6-9(15)2-3-10(8)13(12)18-14/h2-3,6,11H,4-5,7,16H2,1H3,(H,17,18). The molecule has 21 heavy (non-hydrogen) atoms. The Hall–Kier alpha value is -1.37. The molecule has 1 unspecified atom stereocenters. The number of sulfone groups is 1. The van der Waals surface area contributed by atoms with E-state index >= 15 is 0 Å². The zero-order valence-electron chi connectivity index (χ0n) is 11.6. The summed E-state index contributed by atoms with van der Waals surface area (Å²) in [5.74, 6) is 0.704. The van der Waals surface area contributed by atoms with E-state index in [1.54, 1.807) is 0 Å². The van der Waals surface area contributed by atoms with Crippen molar-refractivity contribution in [3.8, 4) is 11.3 Å². The molecule has 2 aromatic rings. The van der Waals surface area contributed by atoms with Gasteiger partial charge in [0.25, 0.3) is 0 Å². The number of nitrogens with zero attached hydrogens (tertiary/aromatic N) is 1. The van der Waals surface area contributed by atoms with Crippen LogP contribution < -0.4 is 5.73 Å². The number of aromatic nitrogens is 2. The van der Waals surface area contributed by atoms with Gasteiger partial charge >= 0.3 is 0 Å². The highest BCUT2D eigenvalue weighted by Gasteiger charge is 2.24. The Labute approximate surface area is 128 Å². The van der Waals surface area contributed by atoms with Gasteiger partial charge in [0.15, 0.2) is 0 Å². The number of nitrogens with one attached hydrogen (secondary N) is 1. The summed E-state index contributed by atoms with van der Waals surface area (Å²) in [6, 6.07) is 5.33. The highest BCUT2D eigenvalue weighted by Crippen LogP contribution is 2.36. The summed E-state index contributed by atoms with van der Waals surface area (Å²) in [5.41, 5.74) is 10.1. The Balaban J connectivity index is 1.84. The van der Waals surface area contributed by atoms with Crippen LogP contribution in [0.5, 0.6) is 0 Å². The number of hydrogen-bond donors (Lipinski definition) is 2. The van der Waals surface area contributed by atoms with Gasteiger partial charge in [-0.05, 0) is 24.1 Å². The molecule has 7 heteroatoms. The molecule has 0 spiro atoms. The van der Waals surface area contributed by atoms with E-state index in [1.165, 1.54) is 6.26 Å². The van der Waals surface area contributed by atoms with Crippen LogP contribution in [0.1, 0.15) is 29.5 Å². The van der Waals surface area contributed by atoms with Gasteiger partial charge in [0.1, 0.15) is 15.7 Å². The average molecular weight is 326 g/mol. The second kappa shape index (κ2) is 5.12. The van der Waals surface area contributed by atoms with Gasteiger partial charge in [0, 0.05) is 29.0 Å². The number of aromatic amines is 1. The minimum Gasteiger partial charge on any atom is -0.344 e. The minimum atomic E-state index is -3.01. The molecule has 0 saturated carbocycles. The van der Waals surface area contributed by atoms with Crippen LogP contribution in [-0.2, 0) is 16.3 Å². The predicted molar refractivity (Wildman–Crippen MR) is 83.1 cm³/mol. The lowest BCUT2D eigenvalue weighted by Crippen LogP contribution is -2.17. The summed E-state index contributed by atoms with van der Waals surface area (Å²) in [5, 5.41) is 0.712. The lowest BCUT2D eigenvalue weighted by atomic mass is 10.1. The van der Waals surface area contributed by atoms with Crippen LogP contribution in [0.3, 0.4) is 0 Å². The van der Waals surface area contributed by atoms with E-state index in [4.69, 9.17) is 17.3 Å². The van der Waals surface area contributed by atoms with Gasteiger partial charge in [0.2, 0.25) is 0 Å². The van der Waals surface area contributed by atoms with Crippen LogP contribution in [0.15, 0.2) is 18.2 Å². The molecule has 1 aliphatic carbocycles. The first-order chi connectivity index (χ1) is 9.83. The van der Waals surface area contributed by atoms with Crippen molar-refractivity contribution in [2.75, 3.05) is 12.0 Å². The molecule has 0 aliphatic heterocycles. The third-order valence-corrected chi connectivity index (χ3v) is 4.85. The molecule has 1 aromatic carbocycles. The first kappa shape index (κ1) is 14.6.